The molecule has 0 spiro atoms. The summed E-state index contributed by atoms with van der Waals surface area (Å²) in [6.45, 7) is 8.21. The zero-order chi connectivity index (χ0) is 11.8. The summed E-state index contributed by atoms with van der Waals surface area (Å²) in [5.41, 5.74) is 1.11. The molecule has 1 aromatic carbocycles. The van der Waals surface area contributed by atoms with Gasteiger partial charge in [0.05, 0.1) is 0 Å². The number of ether oxygens (including phenoxy) is 2. The van der Waals surface area contributed by atoms with Crippen molar-refractivity contribution in [3.63, 3.8) is 0 Å². The van der Waals surface area contributed by atoms with Crippen LogP contribution in [0, 0.1) is 0 Å². The maximum atomic E-state index is 5.47. The van der Waals surface area contributed by atoms with E-state index in [1.165, 1.54) is 0 Å². The Labute approximate surface area is 105 Å². The van der Waals surface area contributed by atoms with Crippen LogP contribution in [0.2, 0.25) is 0 Å². The summed E-state index contributed by atoms with van der Waals surface area (Å²) < 4.78 is 10.9. The lowest BCUT2D eigenvalue weighted by atomic mass is 10.2. The fourth-order valence-electron chi connectivity index (χ4n) is 1.18. The van der Waals surface area contributed by atoms with Gasteiger partial charge in [0, 0.05) is 11.4 Å². The fourth-order valence-corrected chi connectivity index (χ4v) is 1.51. The number of hydrogen-bond acceptors (Lipinski definition) is 2. The van der Waals surface area contributed by atoms with Gasteiger partial charge < -0.3 is 9.47 Å². The van der Waals surface area contributed by atoms with Crippen molar-refractivity contribution in [2.24, 2.45) is 0 Å². The van der Waals surface area contributed by atoms with Crippen LogP contribution in [0.3, 0.4) is 0 Å². The van der Waals surface area contributed by atoms with Gasteiger partial charge in [-0.15, -0.1) is 0 Å². The SMILES string of the molecule is C=CCOc1cc(CBr)cc(OCC=C)c1. The first-order chi connectivity index (χ1) is 7.80. The van der Waals surface area contributed by atoms with Gasteiger partial charge in [-0.1, -0.05) is 41.2 Å². The zero-order valence-corrected chi connectivity index (χ0v) is 10.7. The highest BCUT2D eigenvalue weighted by atomic mass is 79.9. The van der Waals surface area contributed by atoms with Crippen molar-refractivity contribution in [3.8, 4) is 11.5 Å². The van der Waals surface area contributed by atoms with Gasteiger partial charge in [0.25, 0.3) is 0 Å². The second kappa shape index (κ2) is 7.12. The predicted molar refractivity (Wildman–Crippen MR) is 70.5 cm³/mol. The molecule has 0 N–H and O–H groups in total. The molecule has 0 saturated heterocycles. The molecule has 2 nitrogen and oxygen atoms in total. The van der Waals surface area contributed by atoms with Gasteiger partial charge in [-0.2, -0.15) is 0 Å². The molecule has 0 aromatic heterocycles. The molecule has 0 bridgehead atoms. The molecule has 3 heteroatoms. The Hall–Kier alpha value is -1.22. The van der Waals surface area contributed by atoms with Gasteiger partial charge in [0.2, 0.25) is 0 Å². The lowest BCUT2D eigenvalue weighted by Crippen LogP contribution is -1.97. The molecule has 1 aromatic rings. The van der Waals surface area contributed by atoms with E-state index in [0.717, 1.165) is 22.4 Å². The molecule has 0 aliphatic rings. The Morgan fingerprint density at radius 3 is 1.88 bits per heavy atom. The average Bonchev–Trinajstić information content (AvgIpc) is 2.33. The van der Waals surface area contributed by atoms with Crippen LogP contribution in [0.1, 0.15) is 5.56 Å². The Bertz CT molecular complexity index is 331. The van der Waals surface area contributed by atoms with Crippen LogP contribution in [0.15, 0.2) is 43.5 Å². The van der Waals surface area contributed by atoms with E-state index in [1.807, 2.05) is 18.2 Å². The number of alkyl halides is 1. The molecule has 0 aliphatic heterocycles. The lowest BCUT2D eigenvalue weighted by molar-refractivity contribution is 0.344. The molecule has 0 unspecified atom stereocenters. The normalized spacial score (nSPS) is 9.56. The van der Waals surface area contributed by atoms with Crippen molar-refractivity contribution in [1.82, 2.24) is 0 Å². The maximum absolute atomic E-state index is 5.47. The fraction of sp³-hybridized carbons (Fsp3) is 0.231. The third kappa shape index (κ3) is 4.11. The molecular formula is C13H15BrO2. The van der Waals surface area contributed by atoms with E-state index in [9.17, 15) is 0 Å². The van der Waals surface area contributed by atoms with Crippen molar-refractivity contribution in [3.05, 3.63) is 49.1 Å². The van der Waals surface area contributed by atoms with Crippen LogP contribution in [0.4, 0.5) is 0 Å². The molecule has 0 saturated carbocycles. The van der Waals surface area contributed by atoms with Crippen molar-refractivity contribution >= 4 is 15.9 Å². The number of hydrogen-bond donors (Lipinski definition) is 0. The number of benzene rings is 1. The standard InChI is InChI=1S/C13H15BrO2/c1-3-5-15-12-7-11(10-14)8-13(9-12)16-6-4-2/h3-4,7-9H,1-2,5-6,10H2. The molecule has 1 rings (SSSR count). The van der Waals surface area contributed by atoms with E-state index < -0.39 is 0 Å². The predicted octanol–water partition coefficient (Wildman–Crippen LogP) is 3.71. The zero-order valence-electron chi connectivity index (χ0n) is 9.12. The van der Waals surface area contributed by atoms with Crippen molar-refractivity contribution in [1.29, 1.82) is 0 Å². The van der Waals surface area contributed by atoms with Crippen molar-refractivity contribution < 1.29 is 9.47 Å². The monoisotopic (exact) mass is 282 g/mol. The average molecular weight is 283 g/mol. The summed E-state index contributed by atoms with van der Waals surface area (Å²) >= 11 is 3.41. The first-order valence-electron chi connectivity index (χ1n) is 4.97. The summed E-state index contributed by atoms with van der Waals surface area (Å²) in [4.78, 5) is 0. The van der Waals surface area contributed by atoms with E-state index in [4.69, 9.17) is 9.47 Å². The summed E-state index contributed by atoms with van der Waals surface area (Å²) in [6.07, 6.45) is 3.43. The number of halogens is 1. The molecule has 0 fully saturated rings. The molecule has 86 valence electrons. The van der Waals surface area contributed by atoms with E-state index in [2.05, 4.69) is 29.1 Å². The Kier molecular flexibility index (Phi) is 5.72. The van der Waals surface area contributed by atoms with Crippen LogP contribution < -0.4 is 9.47 Å². The van der Waals surface area contributed by atoms with E-state index in [-0.39, 0.29) is 0 Å². The van der Waals surface area contributed by atoms with E-state index in [0.29, 0.717) is 13.2 Å². The summed E-state index contributed by atoms with van der Waals surface area (Å²) in [6, 6.07) is 5.80. The van der Waals surface area contributed by atoms with Gasteiger partial charge in [-0.05, 0) is 17.7 Å². The summed E-state index contributed by atoms with van der Waals surface area (Å²) in [5.74, 6) is 1.58. The third-order valence-electron chi connectivity index (χ3n) is 1.83. The molecule has 0 atom stereocenters. The Morgan fingerprint density at radius 2 is 1.50 bits per heavy atom. The Balaban J connectivity index is 2.81. The van der Waals surface area contributed by atoms with Gasteiger partial charge >= 0.3 is 0 Å². The molecule has 0 amide bonds. The number of rotatable bonds is 7. The van der Waals surface area contributed by atoms with E-state index >= 15 is 0 Å². The topological polar surface area (TPSA) is 18.5 Å². The molecular weight excluding hydrogens is 268 g/mol. The first-order valence-corrected chi connectivity index (χ1v) is 6.09. The molecule has 16 heavy (non-hydrogen) atoms. The molecule has 0 aliphatic carbocycles. The first kappa shape index (κ1) is 12.8. The summed E-state index contributed by atoms with van der Waals surface area (Å²) in [7, 11) is 0. The van der Waals surface area contributed by atoms with Gasteiger partial charge in [0.1, 0.15) is 24.7 Å². The highest BCUT2D eigenvalue weighted by molar-refractivity contribution is 9.08. The highest BCUT2D eigenvalue weighted by Gasteiger charge is 2.01. The molecule has 0 heterocycles. The maximum Gasteiger partial charge on any atom is 0.123 e. The minimum atomic E-state index is 0.493. The summed E-state index contributed by atoms with van der Waals surface area (Å²) in [5, 5.41) is 0.767. The van der Waals surface area contributed by atoms with Crippen LogP contribution in [0.25, 0.3) is 0 Å². The third-order valence-corrected chi connectivity index (χ3v) is 2.48. The molecule has 0 radical (unpaired) electrons. The highest BCUT2D eigenvalue weighted by Crippen LogP contribution is 2.24. The Morgan fingerprint density at radius 1 is 1.00 bits per heavy atom. The minimum Gasteiger partial charge on any atom is -0.489 e. The van der Waals surface area contributed by atoms with Crippen molar-refractivity contribution in [2.45, 2.75) is 5.33 Å². The second-order valence-corrected chi connectivity index (χ2v) is 3.71. The largest absolute Gasteiger partial charge is 0.489 e. The smallest absolute Gasteiger partial charge is 0.123 e. The second-order valence-electron chi connectivity index (χ2n) is 3.15. The van der Waals surface area contributed by atoms with Crippen LogP contribution in [0.5, 0.6) is 11.5 Å². The van der Waals surface area contributed by atoms with Crippen LogP contribution in [-0.2, 0) is 5.33 Å². The quantitative estimate of drug-likeness (QED) is 0.561. The van der Waals surface area contributed by atoms with Crippen LogP contribution in [-0.4, -0.2) is 13.2 Å². The van der Waals surface area contributed by atoms with Gasteiger partial charge in [-0.25, -0.2) is 0 Å². The lowest BCUT2D eigenvalue weighted by Gasteiger charge is -2.09. The van der Waals surface area contributed by atoms with Gasteiger partial charge in [0.15, 0.2) is 0 Å². The minimum absolute atomic E-state index is 0.493. The van der Waals surface area contributed by atoms with Crippen LogP contribution >= 0.6 is 15.9 Å². The van der Waals surface area contributed by atoms with E-state index in [1.54, 1.807) is 12.2 Å². The van der Waals surface area contributed by atoms with Gasteiger partial charge in [-0.3, -0.25) is 0 Å². The van der Waals surface area contributed by atoms with Crippen molar-refractivity contribution in [2.75, 3.05) is 13.2 Å².